The summed E-state index contributed by atoms with van der Waals surface area (Å²) >= 11 is 0. The molecule has 15 heavy (non-hydrogen) atoms. The minimum absolute atomic E-state index is 0.259. The molecule has 0 saturated carbocycles. The third-order valence-corrected chi connectivity index (χ3v) is 2.42. The van der Waals surface area contributed by atoms with E-state index in [2.05, 4.69) is 0 Å². The molecule has 0 radical (unpaired) electrons. The van der Waals surface area contributed by atoms with Crippen molar-refractivity contribution in [3.63, 3.8) is 0 Å². The second-order valence-corrected chi connectivity index (χ2v) is 3.46. The molecule has 0 amide bonds. The molecule has 1 rings (SSSR count). The highest BCUT2D eigenvalue weighted by Gasteiger charge is 2.20. The van der Waals surface area contributed by atoms with E-state index in [1.807, 2.05) is 6.07 Å². The first kappa shape index (κ1) is 11.4. The lowest BCUT2D eigenvalue weighted by molar-refractivity contribution is -0.309. The van der Waals surface area contributed by atoms with Gasteiger partial charge in [-0.15, -0.1) is 0 Å². The van der Waals surface area contributed by atoms with E-state index in [0.717, 1.165) is 5.56 Å². The van der Waals surface area contributed by atoms with E-state index >= 15 is 0 Å². The Morgan fingerprint density at radius 1 is 1.33 bits per heavy atom. The van der Waals surface area contributed by atoms with Crippen LogP contribution in [0.15, 0.2) is 24.3 Å². The monoisotopic (exact) mass is 205 g/mol. The first-order valence-corrected chi connectivity index (χ1v) is 4.88. The Bertz CT molecular complexity index is 382. The number of carboxylic acid groups (broad SMARTS) is 1. The Hall–Kier alpha value is -1.64. The molecular weight excluding hydrogens is 192 g/mol. The number of Topliss-reactive ketones (excluding diaryl/α,β-unsaturated/α-hetero) is 1. The first-order chi connectivity index (χ1) is 7.07. The minimum atomic E-state index is -1.30. The molecule has 1 aromatic carbocycles. The van der Waals surface area contributed by atoms with E-state index in [1.54, 1.807) is 32.0 Å². The normalized spacial score (nSPS) is 12.1. The van der Waals surface area contributed by atoms with Crippen molar-refractivity contribution in [3.8, 4) is 0 Å². The van der Waals surface area contributed by atoms with E-state index in [-0.39, 0.29) is 12.2 Å². The van der Waals surface area contributed by atoms with Gasteiger partial charge in [-0.05, 0) is 18.9 Å². The summed E-state index contributed by atoms with van der Waals surface area (Å²) in [6.07, 6.45) is 0.259. The van der Waals surface area contributed by atoms with E-state index in [0.29, 0.717) is 5.56 Å². The lowest BCUT2D eigenvalue weighted by Gasteiger charge is -2.15. The van der Waals surface area contributed by atoms with Crippen molar-refractivity contribution in [2.24, 2.45) is 5.92 Å². The van der Waals surface area contributed by atoms with Crippen LogP contribution in [-0.2, 0) is 4.79 Å². The van der Waals surface area contributed by atoms with Crippen LogP contribution in [0.25, 0.3) is 0 Å². The number of rotatable bonds is 4. The van der Waals surface area contributed by atoms with Gasteiger partial charge in [-0.2, -0.15) is 0 Å². The Kier molecular flexibility index (Phi) is 3.61. The largest absolute Gasteiger partial charge is 0.549 e. The van der Waals surface area contributed by atoms with Crippen LogP contribution >= 0.6 is 0 Å². The van der Waals surface area contributed by atoms with Gasteiger partial charge in [-0.25, -0.2) is 0 Å². The highest BCUT2D eigenvalue weighted by molar-refractivity contribution is 6.08. The summed E-state index contributed by atoms with van der Waals surface area (Å²) in [5.41, 5.74) is 1.26. The third-order valence-electron chi connectivity index (χ3n) is 2.42. The number of aliphatic carboxylic acids is 1. The lowest BCUT2D eigenvalue weighted by Crippen LogP contribution is -2.36. The van der Waals surface area contributed by atoms with Crippen molar-refractivity contribution in [1.29, 1.82) is 0 Å². The number of carboxylic acids is 1. The molecule has 0 heterocycles. The van der Waals surface area contributed by atoms with Crippen LogP contribution < -0.4 is 5.11 Å². The number of carbonyl (C=O) groups is 2. The fourth-order valence-corrected chi connectivity index (χ4v) is 1.50. The quantitative estimate of drug-likeness (QED) is 0.543. The zero-order valence-electron chi connectivity index (χ0n) is 8.82. The Morgan fingerprint density at radius 2 is 1.93 bits per heavy atom. The van der Waals surface area contributed by atoms with E-state index in [4.69, 9.17) is 0 Å². The molecule has 0 bridgehead atoms. The molecule has 0 aliphatic heterocycles. The van der Waals surface area contributed by atoms with Gasteiger partial charge in [0.1, 0.15) is 0 Å². The van der Waals surface area contributed by atoms with Gasteiger partial charge >= 0.3 is 0 Å². The van der Waals surface area contributed by atoms with Gasteiger partial charge in [-0.1, -0.05) is 31.2 Å². The summed E-state index contributed by atoms with van der Waals surface area (Å²) in [6, 6.07) is 6.97. The molecule has 3 heteroatoms. The van der Waals surface area contributed by atoms with Crippen LogP contribution in [0.3, 0.4) is 0 Å². The standard InChI is InChI=1S/C12H14O3/c1-3-9(12(14)15)11(13)10-7-5-4-6-8(10)2/h4-7,9H,3H2,1-2H3,(H,14,15)/p-1. The zero-order chi connectivity index (χ0) is 11.4. The van der Waals surface area contributed by atoms with Gasteiger partial charge < -0.3 is 9.90 Å². The van der Waals surface area contributed by atoms with Crippen molar-refractivity contribution < 1.29 is 14.7 Å². The Morgan fingerprint density at radius 3 is 2.40 bits per heavy atom. The van der Waals surface area contributed by atoms with Gasteiger partial charge in [0, 0.05) is 5.56 Å². The van der Waals surface area contributed by atoms with E-state index in [9.17, 15) is 14.7 Å². The van der Waals surface area contributed by atoms with Crippen LogP contribution in [-0.4, -0.2) is 11.8 Å². The fraction of sp³-hybridized carbons (Fsp3) is 0.333. The molecule has 1 atom stereocenters. The molecule has 0 aromatic heterocycles. The van der Waals surface area contributed by atoms with Gasteiger partial charge in [0.15, 0.2) is 5.78 Å². The number of hydrogen-bond donors (Lipinski definition) is 0. The Labute approximate surface area is 88.7 Å². The number of benzene rings is 1. The lowest BCUT2D eigenvalue weighted by atomic mass is 9.93. The third kappa shape index (κ3) is 2.43. The zero-order valence-corrected chi connectivity index (χ0v) is 8.82. The second-order valence-electron chi connectivity index (χ2n) is 3.46. The highest BCUT2D eigenvalue weighted by atomic mass is 16.4. The topological polar surface area (TPSA) is 57.2 Å². The molecule has 80 valence electrons. The van der Waals surface area contributed by atoms with Crippen LogP contribution in [0.4, 0.5) is 0 Å². The van der Waals surface area contributed by atoms with Crippen molar-refractivity contribution in [2.75, 3.05) is 0 Å². The van der Waals surface area contributed by atoms with Crippen molar-refractivity contribution >= 4 is 11.8 Å². The first-order valence-electron chi connectivity index (χ1n) is 4.88. The summed E-state index contributed by atoms with van der Waals surface area (Å²) < 4.78 is 0. The maximum absolute atomic E-state index is 11.8. The maximum atomic E-state index is 11.8. The van der Waals surface area contributed by atoms with Gasteiger partial charge in [0.25, 0.3) is 0 Å². The predicted molar refractivity (Wildman–Crippen MR) is 54.3 cm³/mol. The molecule has 3 nitrogen and oxygen atoms in total. The smallest absolute Gasteiger partial charge is 0.171 e. The summed E-state index contributed by atoms with van der Waals surface area (Å²) in [7, 11) is 0. The number of carbonyl (C=O) groups excluding carboxylic acids is 2. The number of ketones is 1. The molecule has 1 unspecified atom stereocenters. The molecule has 0 aliphatic carbocycles. The van der Waals surface area contributed by atoms with Gasteiger partial charge in [0.2, 0.25) is 0 Å². The molecule has 0 spiro atoms. The number of hydrogen-bond acceptors (Lipinski definition) is 3. The van der Waals surface area contributed by atoms with Gasteiger partial charge in [-0.3, -0.25) is 4.79 Å². The van der Waals surface area contributed by atoms with E-state index < -0.39 is 11.9 Å². The molecule has 0 fully saturated rings. The minimum Gasteiger partial charge on any atom is -0.549 e. The van der Waals surface area contributed by atoms with Crippen LogP contribution in [0.1, 0.15) is 29.3 Å². The summed E-state index contributed by atoms with van der Waals surface area (Å²) in [4.78, 5) is 22.5. The number of aryl methyl sites for hydroxylation is 1. The maximum Gasteiger partial charge on any atom is 0.171 e. The summed E-state index contributed by atoms with van der Waals surface area (Å²) in [6.45, 7) is 3.45. The molecule has 0 aliphatic rings. The summed E-state index contributed by atoms with van der Waals surface area (Å²) in [5, 5.41) is 10.7. The molecule has 1 aromatic rings. The fourth-order valence-electron chi connectivity index (χ4n) is 1.50. The molecule has 0 saturated heterocycles. The second kappa shape index (κ2) is 4.73. The van der Waals surface area contributed by atoms with Gasteiger partial charge in [0.05, 0.1) is 11.9 Å². The highest BCUT2D eigenvalue weighted by Crippen LogP contribution is 2.15. The Balaban J connectivity index is 3.03. The van der Waals surface area contributed by atoms with Crippen molar-refractivity contribution in [3.05, 3.63) is 35.4 Å². The van der Waals surface area contributed by atoms with E-state index in [1.165, 1.54) is 0 Å². The van der Waals surface area contributed by atoms with Crippen LogP contribution in [0.5, 0.6) is 0 Å². The predicted octanol–water partition coefficient (Wildman–Crippen LogP) is 0.954. The van der Waals surface area contributed by atoms with Crippen LogP contribution in [0, 0.1) is 12.8 Å². The van der Waals surface area contributed by atoms with Crippen LogP contribution in [0.2, 0.25) is 0 Å². The average Bonchev–Trinajstić information content (AvgIpc) is 2.18. The van der Waals surface area contributed by atoms with Crippen molar-refractivity contribution in [2.45, 2.75) is 20.3 Å². The summed E-state index contributed by atoms with van der Waals surface area (Å²) in [5.74, 6) is -2.70. The average molecular weight is 205 g/mol. The van der Waals surface area contributed by atoms with Crippen molar-refractivity contribution in [1.82, 2.24) is 0 Å². The SMILES string of the molecule is CCC(C(=O)[O-])C(=O)c1ccccc1C. The molecule has 0 N–H and O–H groups in total. The molecular formula is C12H13O3-.